The highest BCUT2D eigenvalue weighted by molar-refractivity contribution is 6.17. The Morgan fingerprint density at radius 3 is 1.62 bits per heavy atom. The number of halogens is 1. The van der Waals surface area contributed by atoms with E-state index >= 15 is 0 Å². The molecule has 0 fully saturated rings. The Morgan fingerprint density at radius 2 is 1.16 bits per heavy atom. The van der Waals surface area contributed by atoms with Crippen LogP contribution in [-0.4, -0.2) is 40.9 Å². The van der Waals surface area contributed by atoms with Crippen molar-refractivity contribution in [2.24, 2.45) is 0 Å². The zero-order chi connectivity index (χ0) is 26.6. The number of hydrogen-bond donors (Lipinski definition) is 0. The molecule has 0 aliphatic heterocycles. The molecule has 0 aromatic heterocycles. The number of rotatable bonds is 19. The molecule has 0 radical (unpaired) electrons. The molecule has 2 amide bonds. The molecule has 37 heavy (non-hydrogen) atoms. The van der Waals surface area contributed by atoms with Gasteiger partial charge in [0.05, 0.1) is 6.07 Å². The number of alkyl halides is 1. The Morgan fingerprint density at radius 1 is 0.703 bits per heavy atom. The molecule has 0 atom stereocenters. The first-order valence-corrected chi connectivity index (χ1v) is 13.5. The Labute approximate surface area is 225 Å². The van der Waals surface area contributed by atoms with Crippen LogP contribution in [-0.2, 0) is 32.5 Å². The number of amides is 2. The molecular formula is C29H38ClN3O4. The first-order valence-electron chi connectivity index (χ1n) is 13.0. The highest BCUT2D eigenvalue weighted by Crippen LogP contribution is 2.12. The van der Waals surface area contributed by atoms with Crippen LogP contribution >= 0.6 is 11.6 Å². The van der Waals surface area contributed by atoms with E-state index in [-0.39, 0.29) is 11.8 Å². The fraction of sp³-hybridized carbons (Fsp3) is 0.483. The number of nitrogens with zero attached hydrogens (tertiary/aromatic N) is 3. The summed E-state index contributed by atoms with van der Waals surface area (Å²) in [4.78, 5) is 37.3. The van der Waals surface area contributed by atoms with E-state index in [4.69, 9.17) is 26.5 Å². The fourth-order valence-corrected chi connectivity index (χ4v) is 3.78. The summed E-state index contributed by atoms with van der Waals surface area (Å²) in [5, 5.41) is 11.6. The predicted molar refractivity (Wildman–Crippen MR) is 144 cm³/mol. The number of hydrogen-bond acceptors (Lipinski definition) is 5. The summed E-state index contributed by atoms with van der Waals surface area (Å²) in [6.07, 6.45) is 5.28. The third-order valence-corrected chi connectivity index (χ3v) is 5.96. The molecule has 0 N–H and O–H groups in total. The first-order chi connectivity index (χ1) is 18.1. The van der Waals surface area contributed by atoms with Gasteiger partial charge < -0.3 is 0 Å². The number of unbranched alkanes of at least 4 members (excludes halogenated alkanes) is 4. The summed E-state index contributed by atoms with van der Waals surface area (Å²) in [6, 6.07) is 21.5. The smallest absolute Gasteiger partial charge is 0.246 e. The Bertz CT molecular complexity index is 937. The second-order valence-electron chi connectivity index (χ2n) is 8.73. The number of nitriles is 1. The van der Waals surface area contributed by atoms with Gasteiger partial charge in [-0.3, -0.25) is 19.3 Å². The zero-order valence-corrected chi connectivity index (χ0v) is 22.3. The predicted octanol–water partition coefficient (Wildman–Crippen LogP) is 6.18. The van der Waals surface area contributed by atoms with Crippen molar-refractivity contribution in [1.82, 2.24) is 10.1 Å². The summed E-state index contributed by atoms with van der Waals surface area (Å²) >= 11 is 5.75. The van der Waals surface area contributed by atoms with Gasteiger partial charge in [0.1, 0.15) is 13.2 Å². The van der Waals surface area contributed by atoms with E-state index < -0.39 is 0 Å². The van der Waals surface area contributed by atoms with E-state index in [1.165, 1.54) is 10.1 Å². The SMILES string of the molecule is N#CCCCCN(OCc1ccccc1)C(=O)CCCCN(OCc1ccccc1)C(=O)CCCCCl. The van der Waals surface area contributed by atoms with Gasteiger partial charge in [0.2, 0.25) is 11.8 Å². The Hall–Kier alpha value is -2.92. The van der Waals surface area contributed by atoms with Crippen molar-refractivity contribution in [3.05, 3.63) is 71.8 Å². The molecular weight excluding hydrogens is 490 g/mol. The second-order valence-corrected chi connectivity index (χ2v) is 9.11. The van der Waals surface area contributed by atoms with Crippen LogP contribution in [0.3, 0.4) is 0 Å². The highest BCUT2D eigenvalue weighted by atomic mass is 35.5. The Balaban J connectivity index is 1.84. The van der Waals surface area contributed by atoms with Gasteiger partial charge in [-0.2, -0.15) is 5.26 Å². The lowest BCUT2D eigenvalue weighted by molar-refractivity contribution is -0.194. The van der Waals surface area contributed by atoms with E-state index in [0.29, 0.717) is 83.5 Å². The summed E-state index contributed by atoms with van der Waals surface area (Å²) in [6.45, 7) is 1.47. The second kappa shape index (κ2) is 19.2. The normalized spacial score (nSPS) is 10.6. The van der Waals surface area contributed by atoms with Crippen LogP contribution in [0.15, 0.2) is 60.7 Å². The van der Waals surface area contributed by atoms with Gasteiger partial charge >= 0.3 is 0 Å². The van der Waals surface area contributed by atoms with Crippen LogP contribution in [0.2, 0.25) is 0 Å². The number of carbonyl (C=O) groups is 2. The largest absolute Gasteiger partial charge is 0.273 e. The maximum absolute atomic E-state index is 12.9. The molecule has 8 heteroatoms. The van der Waals surface area contributed by atoms with Crippen molar-refractivity contribution in [2.75, 3.05) is 19.0 Å². The van der Waals surface area contributed by atoms with Crippen molar-refractivity contribution in [3.8, 4) is 6.07 Å². The molecule has 200 valence electrons. The first kappa shape index (κ1) is 30.3. The summed E-state index contributed by atoms with van der Waals surface area (Å²) < 4.78 is 0. The molecule has 0 unspecified atom stereocenters. The van der Waals surface area contributed by atoms with E-state index in [1.807, 2.05) is 60.7 Å². The summed E-state index contributed by atoms with van der Waals surface area (Å²) in [7, 11) is 0. The molecule has 0 aliphatic rings. The minimum absolute atomic E-state index is 0.0716. The molecule has 2 rings (SSSR count). The van der Waals surface area contributed by atoms with Crippen molar-refractivity contribution in [1.29, 1.82) is 5.26 Å². The summed E-state index contributed by atoms with van der Waals surface area (Å²) in [5.74, 6) is 0.357. The molecule has 2 aromatic rings. The van der Waals surface area contributed by atoms with Gasteiger partial charge in [0.15, 0.2) is 0 Å². The van der Waals surface area contributed by atoms with Crippen LogP contribution in [0.25, 0.3) is 0 Å². The van der Waals surface area contributed by atoms with Crippen LogP contribution in [0.5, 0.6) is 0 Å². The molecule has 0 spiro atoms. The standard InChI is InChI=1S/C29H38ClN3O4/c30-20-10-8-18-28(34)33(37-25-27-16-6-2-7-17-27)23-13-9-19-29(35)32(22-12-3-11-21-31)36-24-26-14-4-1-5-15-26/h1-2,4-7,14-17H,3,8-13,18-20,22-25H2. The van der Waals surface area contributed by atoms with E-state index in [2.05, 4.69) is 6.07 Å². The van der Waals surface area contributed by atoms with Crippen LogP contribution in [0.1, 0.15) is 68.9 Å². The van der Waals surface area contributed by atoms with Gasteiger partial charge in [-0.25, -0.2) is 10.1 Å². The van der Waals surface area contributed by atoms with Crippen molar-refractivity contribution < 1.29 is 19.3 Å². The summed E-state index contributed by atoms with van der Waals surface area (Å²) in [5.41, 5.74) is 1.97. The monoisotopic (exact) mass is 527 g/mol. The fourth-order valence-electron chi connectivity index (χ4n) is 3.59. The van der Waals surface area contributed by atoms with Crippen LogP contribution < -0.4 is 0 Å². The van der Waals surface area contributed by atoms with Gasteiger partial charge in [-0.1, -0.05) is 60.7 Å². The average Bonchev–Trinajstić information content (AvgIpc) is 2.93. The highest BCUT2D eigenvalue weighted by Gasteiger charge is 2.17. The molecule has 2 aromatic carbocycles. The van der Waals surface area contributed by atoms with Gasteiger partial charge in [0, 0.05) is 38.2 Å². The number of carbonyl (C=O) groups excluding carboxylic acids is 2. The van der Waals surface area contributed by atoms with Crippen LogP contribution in [0.4, 0.5) is 0 Å². The lowest BCUT2D eigenvalue weighted by Crippen LogP contribution is -2.33. The Kier molecular flexibility index (Phi) is 15.7. The van der Waals surface area contributed by atoms with Gasteiger partial charge in [-0.15, -0.1) is 11.6 Å². The number of benzene rings is 2. The van der Waals surface area contributed by atoms with E-state index in [1.54, 1.807) is 0 Å². The quantitative estimate of drug-likeness (QED) is 0.124. The average molecular weight is 528 g/mol. The zero-order valence-electron chi connectivity index (χ0n) is 21.5. The molecule has 0 heterocycles. The van der Waals surface area contributed by atoms with Crippen molar-refractivity contribution in [2.45, 2.75) is 71.0 Å². The number of hydroxylamine groups is 4. The minimum Gasteiger partial charge on any atom is -0.273 e. The molecule has 0 bridgehead atoms. The lowest BCUT2D eigenvalue weighted by atomic mass is 10.2. The topological polar surface area (TPSA) is 82.9 Å². The molecule has 0 saturated carbocycles. The van der Waals surface area contributed by atoms with E-state index in [0.717, 1.165) is 17.5 Å². The van der Waals surface area contributed by atoms with Gasteiger partial charge in [0.25, 0.3) is 0 Å². The third kappa shape index (κ3) is 13.3. The lowest BCUT2D eigenvalue weighted by Gasteiger charge is -2.23. The minimum atomic E-state index is -0.0990. The van der Waals surface area contributed by atoms with Gasteiger partial charge in [-0.05, 0) is 49.7 Å². The third-order valence-electron chi connectivity index (χ3n) is 5.69. The molecule has 7 nitrogen and oxygen atoms in total. The molecule has 0 saturated heterocycles. The maximum atomic E-state index is 12.9. The molecule has 0 aliphatic carbocycles. The van der Waals surface area contributed by atoms with Crippen molar-refractivity contribution >= 4 is 23.4 Å². The maximum Gasteiger partial charge on any atom is 0.246 e. The van der Waals surface area contributed by atoms with Crippen LogP contribution in [0, 0.1) is 11.3 Å². The van der Waals surface area contributed by atoms with Crippen molar-refractivity contribution in [3.63, 3.8) is 0 Å². The van der Waals surface area contributed by atoms with E-state index in [9.17, 15) is 9.59 Å².